The largest absolute Gasteiger partial charge is 0.377 e. The van der Waals surface area contributed by atoms with Crippen molar-refractivity contribution in [3.05, 3.63) is 28.8 Å². The second-order valence-corrected chi connectivity index (χ2v) is 6.03. The number of benzene rings is 1. The van der Waals surface area contributed by atoms with Gasteiger partial charge in [0.05, 0.1) is 23.9 Å². The molecule has 1 saturated carbocycles. The molecule has 21 heavy (non-hydrogen) atoms. The lowest BCUT2D eigenvalue weighted by molar-refractivity contribution is -0.121. The lowest BCUT2D eigenvalue weighted by Crippen LogP contribution is -2.52. The first-order valence-electron chi connectivity index (χ1n) is 7.30. The van der Waals surface area contributed by atoms with Gasteiger partial charge in [-0.2, -0.15) is 0 Å². The second-order valence-electron chi connectivity index (χ2n) is 5.63. The summed E-state index contributed by atoms with van der Waals surface area (Å²) in [7, 11) is 0. The van der Waals surface area contributed by atoms with Crippen molar-refractivity contribution in [3.8, 4) is 0 Å². The Morgan fingerprint density at radius 1 is 1.48 bits per heavy atom. The molecule has 3 N–H and O–H groups in total. The van der Waals surface area contributed by atoms with E-state index in [0.717, 1.165) is 17.8 Å². The zero-order valence-electron chi connectivity index (χ0n) is 11.8. The van der Waals surface area contributed by atoms with Crippen LogP contribution in [0.2, 0.25) is 5.02 Å². The fourth-order valence-electron chi connectivity index (χ4n) is 2.57. The van der Waals surface area contributed by atoms with E-state index < -0.39 is 6.04 Å². The third kappa shape index (κ3) is 3.48. The van der Waals surface area contributed by atoms with Crippen LogP contribution in [-0.4, -0.2) is 37.7 Å². The van der Waals surface area contributed by atoms with E-state index in [-0.39, 0.29) is 5.91 Å². The third-order valence-electron chi connectivity index (χ3n) is 3.95. The number of anilines is 1. The van der Waals surface area contributed by atoms with E-state index in [0.29, 0.717) is 30.8 Å². The van der Waals surface area contributed by atoms with Crippen molar-refractivity contribution < 1.29 is 9.53 Å². The number of amides is 1. The van der Waals surface area contributed by atoms with Gasteiger partial charge in [-0.25, -0.2) is 0 Å². The summed E-state index contributed by atoms with van der Waals surface area (Å²) in [5.74, 6) is -0.384. The topological polar surface area (TPSA) is 67.6 Å². The highest BCUT2D eigenvalue weighted by molar-refractivity contribution is 6.33. The minimum atomic E-state index is -0.452. The van der Waals surface area contributed by atoms with E-state index in [1.165, 1.54) is 12.8 Å². The number of nitrogens with one attached hydrogen (secondary N) is 1. The zero-order chi connectivity index (χ0) is 14.8. The predicted octanol–water partition coefficient (Wildman–Crippen LogP) is 1.28. The third-order valence-corrected chi connectivity index (χ3v) is 4.25. The number of hydrogen-bond acceptors (Lipinski definition) is 4. The Hall–Kier alpha value is -1.30. The van der Waals surface area contributed by atoms with Gasteiger partial charge in [-0.15, -0.1) is 0 Å². The van der Waals surface area contributed by atoms with Crippen molar-refractivity contribution in [2.24, 2.45) is 5.73 Å². The van der Waals surface area contributed by atoms with Crippen LogP contribution in [0.1, 0.15) is 18.4 Å². The Balaban J connectivity index is 1.75. The van der Waals surface area contributed by atoms with Crippen molar-refractivity contribution >= 4 is 23.2 Å². The van der Waals surface area contributed by atoms with E-state index in [1.807, 2.05) is 23.1 Å². The Labute approximate surface area is 129 Å². The van der Waals surface area contributed by atoms with E-state index in [4.69, 9.17) is 22.1 Å². The maximum absolute atomic E-state index is 11.5. The van der Waals surface area contributed by atoms with Crippen molar-refractivity contribution in [1.82, 2.24) is 5.32 Å². The standard InChI is InChI=1S/C15H20ClN3O2/c16-12-7-10(8-18-11-2-3-11)1-4-13(12)19-5-6-21-9-14(19)15(17)20/h1,4,7,11,14,18H,2-3,5-6,8-9H2,(H2,17,20). The summed E-state index contributed by atoms with van der Waals surface area (Å²) in [5, 5.41) is 4.11. The summed E-state index contributed by atoms with van der Waals surface area (Å²) >= 11 is 6.40. The number of hydrogen-bond donors (Lipinski definition) is 2. The van der Waals surface area contributed by atoms with E-state index in [1.54, 1.807) is 0 Å². The molecule has 1 heterocycles. The van der Waals surface area contributed by atoms with Crippen LogP contribution in [-0.2, 0) is 16.1 Å². The predicted molar refractivity (Wildman–Crippen MR) is 82.5 cm³/mol. The molecule has 3 rings (SSSR count). The molecule has 1 aromatic rings. The minimum Gasteiger partial charge on any atom is -0.377 e. The van der Waals surface area contributed by atoms with Crippen LogP contribution in [0.3, 0.4) is 0 Å². The van der Waals surface area contributed by atoms with Crippen LogP contribution in [0.4, 0.5) is 5.69 Å². The van der Waals surface area contributed by atoms with Crippen LogP contribution in [0, 0.1) is 0 Å². The van der Waals surface area contributed by atoms with E-state index in [9.17, 15) is 4.79 Å². The fourth-order valence-corrected chi connectivity index (χ4v) is 2.88. The molecule has 0 spiro atoms. The van der Waals surface area contributed by atoms with Crippen LogP contribution < -0.4 is 16.0 Å². The maximum Gasteiger partial charge on any atom is 0.242 e. The van der Waals surface area contributed by atoms with Crippen molar-refractivity contribution in [2.75, 3.05) is 24.7 Å². The number of rotatable bonds is 5. The SMILES string of the molecule is NC(=O)C1COCCN1c1ccc(CNC2CC2)cc1Cl. The molecule has 0 radical (unpaired) electrons. The molecular formula is C15H20ClN3O2. The van der Waals surface area contributed by atoms with Gasteiger partial charge in [-0.1, -0.05) is 17.7 Å². The van der Waals surface area contributed by atoms with Gasteiger partial charge in [0, 0.05) is 19.1 Å². The Kier molecular flexibility index (Phi) is 4.33. The molecule has 1 aromatic carbocycles. The fraction of sp³-hybridized carbons (Fsp3) is 0.533. The number of morpholine rings is 1. The molecule has 2 fully saturated rings. The van der Waals surface area contributed by atoms with Gasteiger partial charge >= 0.3 is 0 Å². The van der Waals surface area contributed by atoms with Crippen molar-refractivity contribution in [3.63, 3.8) is 0 Å². The van der Waals surface area contributed by atoms with Gasteiger partial charge in [0.25, 0.3) is 0 Å². The molecule has 1 aliphatic carbocycles. The van der Waals surface area contributed by atoms with Crippen molar-refractivity contribution in [2.45, 2.75) is 31.5 Å². The molecule has 0 aromatic heterocycles. The molecule has 0 bridgehead atoms. The number of carbonyl (C=O) groups excluding carboxylic acids is 1. The Morgan fingerprint density at radius 2 is 2.29 bits per heavy atom. The van der Waals surface area contributed by atoms with Gasteiger partial charge < -0.3 is 20.7 Å². The summed E-state index contributed by atoms with van der Waals surface area (Å²) in [6.45, 7) is 2.34. The van der Waals surface area contributed by atoms with Crippen LogP contribution >= 0.6 is 11.6 Å². The average Bonchev–Trinajstić information content (AvgIpc) is 3.29. The summed E-state index contributed by atoms with van der Waals surface area (Å²) in [5.41, 5.74) is 7.45. The lowest BCUT2D eigenvalue weighted by Gasteiger charge is -2.36. The van der Waals surface area contributed by atoms with Crippen LogP contribution in [0.5, 0.6) is 0 Å². The highest BCUT2D eigenvalue weighted by atomic mass is 35.5. The average molecular weight is 310 g/mol. The smallest absolute Gasteiger partial charge is 0.242 e. The van der Waals surface area contributed by atoms with Crippen LogP contribution in [0.15, 0.2) is 18.2 Å². The van der Waals surface area contributed by atoms with E-state index in [2.05, 4.69) is 5.32 Å². The highest BCUT2D eigenvalue weighted by Crippen LogP contribution is 2.30. The number of ether oxygens (including phenoxy) is 1. The highest BCUT2D eigenvalue weighted by Gasteiger charge is 2.29. The summed E-state index contributed by atoms with van der Waals surface area (Å²) in [4.78, 5) is 13.5. The molecule has 1 atom stereocenters. The van der Waals surface area contributed by atoms with E-state index >= 15 is 0 Å². The monoisotopic (exact) mass is 309 g/mol. The molecule has 6 heteroatoms. The van der Waals surface area contributed by atoms with Gasteiger partial charge in [-0.05, 0) is 30.5 Å². The Morgan fingerprint density at radius 3 is 2.95 bits per heavy atom. The number of halogens is 1. The van der Waals surface area contributed by atoms with Gasteiger partial charge in [-0.3, -0.25) is 4.79 Å². The number of nitrogens with two attached hydrogens (primary N) is 1. The first kappa shape index (κ1) is 14.6. The maximum atomic E-state index is 11.5. The first-order valence-corrected chi connectivity index (χ1v) is 7.68. The molecule has 2 aliphatic rings. The normalized spacial score (nSPS) is 22.3. The van der Waals surface area contributed by atoms with Crippen LogP contribution in [0.25, 0.3) is 0 Å². The van der Waals surface area contributed by atoms with Crippen molar-refractivity contribution in [1.29, 1.82) is 0 Å². The number of carbonyl (C=O) groups is 1. The molecule has 1 saturated heterocycles. The molecular weight excluding hydrogens is 290 g/mol. The molecule has 1 aliphatic heterocycles. The molecule has 1 unspecified atom stereocenters. The molecule has 114 valence electrons. The summed E-state index contributed by atoms with van der Waals surface area (Å²) in [6, 6.07) is 6.19. The molecule has 1 amide bonds. The van der Waals surface area contributed by atoms with Gasteiger partial charge in [0.1, 0.15) is 6.04 Å². The van der Waals surface area contributed by atoms with Gasteiger partial charge in [0.2, 0.25) is 5.91 Å². The quantitative estimate of drug-likeness (QED) is 0.860. The summed E-state index contributed by atoms with van der Waals surface area (Å²) < 4.78 is 5.33. The Bertz CT molecular complexity index is 534. The number of primary amides is 1. The lowest BCUT2D eigenvalue weighted by atomic mass is 10.1. The zero-order valence-corrected chi connectivity index (χ0v) is 12.6. The van der Waals surface area contributed by atoms with Gasteiger partial charge in [0.15, 0.2) is 0 Å². The first-order chi connectivity index (χ1) is 10.1. The summed E-state index contributed by atoms with van der Waals surface area (Å²) in [6.07, 6.45) is 2.53. The second kappa shape index (κ2) is 6.22. The molecule has 5 nitrogen and oxygen atoms in total. The number of nitrogens with zero attached hydrogens (tertiary/aromatic N) is 1. The minimum absolute atomic E-state index is 0.316.